The average Bonchev–Trinajstić information content (AvgIpc) is 2.72. The van der Waals surface area contributed by atoms with Crippen molar-refractivity contribution in [2.75, 3.05) is 7.05 Å². The molecule has 32 heavy (non-hydrogen) atoms. The number of carbonyl (C=O) groups excluding carboxylic acids is 1. The number of benzene rings is 3. The van der Waals surface area contributed by atoms with Crippen LogP contribution in [-0.4, -0.2) is 17.9 Å². The van der Waals surface area contributed by atoms with Gasteiger partial charge in [-0.1, -0.05) is 42.5 Å². The molecule has 0 unspecified atom stereocenters. The van der Waals surface area contributed by atoms with Crippen molar-refractivity contribution in [1.29, 1.82) is 0 Å². The van der Waals surface area contributed by atoms with Crippen LogP contribution in [0, 0.1) is 6.92 Å². The van der Waals surface area contributed by atoms with Gasteiger partial charge in [-0.2, -0.15) is 26.3 Å². The molecule has 0 saturated carbocycles. The van der Waals surface area contributed by atoms with Crippen LogP contribution in [0.25, 0.3) is 11.1 Å². The predicted molar refractivity (Wildman–Crippen MR) is 109 cm³/mol. The second-order valence-electron chi connectivity index (χ2n) is 7.44. The van der Waals surface area contributed by atoms with Crippen LogP contribution in [0.5, 0.6) is 0 Å². The molecule has 0 heterocycles. The SMILES string of the molecule is Cc1ccccc1-c1ccccc1C(=O)N(C)Cc1cc(C(F)(F)F)cc(C(F)(F)F)c1. The van der Waals surface area contributed by atoms with Crippen molar-refractivity contribution in [3.8, 4) is 11.1 Å². The molecule has 0 atom stereocenters. The Bertz CT molecular complexity index is 1100. The number of carbonyl (C=O) groups is 1. The molecule has 0 aliphatic heterocycles. The van der Waals surface area contributed by atoms with Gasteiger partial charge in [-0.05, 0) is 53.4 Å². The lowest BCUT2D eigenvalue weighted by atomic mass is 9.95. The molecule has 3 aromatic rings. The van der Waals surface area contributed by atoms with Crippen molar-refractivity contribution in [3.63, 3.8) is 0 Å². The van der Waals surface area contributed by atoms with Crippen molar-refractivity contribution in [1.82, 2.24) is 4.90 Å². The zero-order valence-electron chi connectivity index (χ0n) is 17.2. The van der Waals surface area contributed by atoms with E-state index in [1.54, 1.807) is 24.3 Å². The Morgan fingerprint density at radius 1 is 0.781 bits per heavy atom. The number of aryl methyl sites for hydroxylation is 1. The highest BCUT2D eigenvalue weighted by atomic mass is 19.4. The quantitative estimate of drug-likeness (QED) is 0.392. The van der Waals surface area contributed by atoms with E-state index >= 15 is 0 Å². The lowest BCUT2D eigenvalue weighted by molar-refractivity contribution is -0.143. The molecule has 0 aromatic heterocycles. The fourth-order valence-corrected chi connectivity index (χ4v) is 3.44. The summed E-state index contributed by atoms with van der Waals surface area (Å²) < 4.78 is 78.8. The third-order valence-corrected chi connectivity index (χ3v) is 5.01. The molecule has 0 N–H and O–H groups in total. The maximum atomic E-state index is 13.1. The highest BCUT2D eigenvalue weighted by Gasteiger charge is 2.37. The highest BCUT2D eigenvalue weighted by Crippen LogP contribution is 2.36. The fraction of sp³-hybridized carbons (Fsp3) is 0.208. The summed E-state index contributed by atoms with van der Waals surface area (Å²) in [4.78, 5) is 14.2. The summed E-state index contributed by atoms with van der Waals surface area (Å²) in [5.74, 6) is -0.519. The summed E-state index contributed by atoms with van der Waals surface area (Å²) in [7, 11) is 1.34. The molecule has 0 radical (unpaired) electrons. The number of halogens is 6. The summed E-state index contributed by atoms with van der Waals surface area (Å²) >= 11 is 0. The molecule has 0 saturated heterocycles. The van der Waals surface area contributed by atoms with Gasteiger partial charge in [0.15, 0.2) is 0 Å². The van der Waals surface area contributed by atoms with Gasteiger partial charge in [0.25, 0.3) is 5.91 Å². The Balaban J connectivity index is 1.96. The molecule has 3 aromatic carbocycles. The van der Waals surface area contributed by atoms with Gasteiger partial charge in [0.1, 0.15) is 0 Å². The van der Waals surface area contributed by atoms with E-state index in [1.165, 1.54) is 7.05 Å². The lowest BCUT2D eigenvalue weighted by Gasteiger charge is -2.21. The standard InChI is InChI=1S/C24H19F6NO/c1-15-7-3-4-8-19(15)20-9-5-6-10-21(20)22(32)31(2)14-16-11-17(23(25,26)27)13-18(12-16)24(28,29)30/h3-13H,14H2,1-2H3. The molecule has 8 heteroatoms. The fourth-order valence-electron chi connectivity index (χ4n) is 3.44. The van der Waals surface area contributed by atoms with Gasteiger partial charge < -0.3 is 4.90 Å². The largest absolute Gasteiger partial charge is 0.416 e. The van der Waals surface area contributed by atoms with Crippen LogP contribution >= 0.6 is 0 Å². The second-order valence-corrected chi connectivity index (χ2v) is 7.44. The minimum Gasteiger partial charge on any atom is -0.337 e. The molecule has 0 bridgehead atoms. The van der Waals surface area contributed by atoms with Crippen molar-refractivity contribution in [2.24, 2.45) is 0 Å². The van der Waals surface area contributed by atoms with E-state index in [2.05, 4.69) is 0 Å². The molecule has 0 fully saturated rings. The van der Waals surface area contributed by atoms with E-state index < -0.39 is 35.9 Å². The zero-order valence-corrected chi connectivity index (χ0v) is 17.2. The van der Waals surface area contributed by atoms with Crippen LogP contribution in [0.2, 0.25) is 0 Å². The van der Waals surface area contributed by atoms with Crippen molar-refractivity contribution in [2.45, 2.75) is 25.8 Å². The van der Waals surface area contributed by atoms with Crippen LogP contribution in [0.3, 0.4) is 0 Å². The molecule has 0 aliphatic carbocycles. The first-order valence-electron chi connectivity index (χ1n) is 9.57. The summed E-state index contributed by atoms with van der Waals surface area (Å²) in [5.41, 5.74) is -0.440. The summed E-state index contributed by atoms with van der Waals surface area (Å²) in [6.07, 6.45) is -9.90. The van der Waals surface area contributed by atoms with Gasteiger partial charge in [0.05, 0.1) is 11.1 Å². The van der Waals surface area contributed by atoms with Crippen LogP contribution in [0.4, 0.5) is 26.3 Å². The Labute approximate surface area is 181 Å². The van der Waals surface area contributed by atoms with Crippen molar-refractivity contribution >= 4 is 5.91 Å². The second kappa shape index (κ2) is 8.68. The number of nitrogens with zero attached hydrogens (tertiary/aromatic N) is 1. The first kappa shape index (κ1) is 23.4. The number of hydrogen-bond acceptors (Lipinski definition) is 1. The molecule has 0 aliphatic rings. The summed E-state index contributed by atoms with van der Waals surface area (Å²) in [6, 6.07) is 15.4. The molecule has 3 rings (SSSR count). The van der Waals surface area contributed by atoms with Crippen LogP contribution in [-0.2, 0) is 18.9 Å². The van der Waals surface area contributed by atoms with Crippen molar-refractivity contribution < 1.29 is 31.1 Å². The van der Waals surface area contributed by atoms with Crippen molar-refractivity contribution in [3.05, 3.63) is 94.5 Å². The Hall–Kier alpha value is -3.29. The molecule has 2 nitrogen and oxygen atoms in total. The molecular weight excluding hydrogens is 432 g/mol. The molecule has 0 spiro atoms. The topological polar surface area (TPSA) is 20.3 Å². The normalized spacial score (nSPS) is 12.0. The number of rotatable bonds is 4. The van der Waals surface area contributed by atoms with E-state index in [0.29, 0.717) is 23.3 Å². The zero-order chi connectivity index (χ0) is 23.7. The van der Waals surface area contributed by atoms with Gasteiger partial charge >= 0.3 is 12.4 Å². The average molecular weight is 451 g/mol. The maximum Gasteiger partial charge on any atom is 0.416 e. The van der Waals surface area contributed by atoms with E-state index in [1.807, 2.05) is 31.2 Å². The molecular formula is C24H19F6NO. The highest BCUT2D eigenvalue weighted by molar-refractivity contribution is 6.01. The maximum absolute atomic E-state index is 13.1. The van der Waals surface area contributed by atoms with Gasteiger partial charge in [0, 0.05) is 19.2 Å². The monoisotopic (exact) mass is 451 g/mol. The lowest BCUT2D eigenvalue weighted by Crippen LogP contribution is -2.27. The summed E-state index contributed by atoms with van der Waals surface area (Å²) in [6.45, 7) is 1.45. The first-order valence-corrected chi connectivity index (χ1v) is 9.57. The first-order chi connectivity index (χ1) is 14.9. The minimum absolute atomic E-state index is 0.0683. The van der Waals surface area contributed by atoms with E-state index in [9.17, 15) is 31.1 Å². The third-order valence-electron chi connectivity index (χ3n) is 5.01. The van der Waals surface area contributed by atoms with Gasteiger partial charge in [-0.15, -0.1) is 0 Å². The smallest absolute Gasteiger partial charge is 0.337 e. The van der Waals surface area contributed by atoms with E-state index in [4.69, 9.17) is 0 Å². The third kappa shape index (κ3) is 5.12. The Morgan fingerprint density at radius 3 is 1.81 bits per heavy atom. The number of amides is 1. The number of hydrogen-bond donors (Lipinski definition) is 0. The van der Waals surface area contributed by atoms with Gasteiger partial charge in [-0.25, -0.2) is 0 Å². The predicted octanol–water partition coefficient (Wildman–Crippen LogP) is 6.97. The van der Waals surface area contributed by atoms with E-state index in [0.717, 1.165) is 16.0 Å². The van der Waals surface area contributed by atoms with E-state index in [-0.39, 0.29) is 11.6 Å². The molecule has 1 amide bonds. The van der Waals surface area contributed by atoms with Crippen LogP contribution in [0.15, 0.2) is 66.7 Å². The Morgan fingerprint density at radius 2 is 1.28 bits per heavy atom. The minimum atomic E-state index is -4.95. The van der Waals surface area contributed by atoms with Gasteiger partial charge in [0.2, 0.25) is 0 Å². The number of alkyl halides is 6. The summed E-state index contributed by atoms with van der Waals surface area (Å²) in [5, 5.41) is 0. The molecule has 168 valence electrons. The van der Waals surface area contributed by atoms with Crippen LogP contribution in [0.1, 0.15) is 32.6 Å². The van der Waals surface area contributed by atoms with Crippen LogP contribution < -0.4 is 0 Å². The Kier molecular flexibility index (Phi) is 6.34. The van der Waals surface area contributed by atoms with Gasteiger partial charge in [-0.3, -0.25) is 4.79 Å².